The third-order valence-corrected chi connectivity index (χ3v) is 2.97. The van der Waals surface area contributed by atoms with Crippen molar-refractivity contribution in [3.63, 3.8) is 0 Å². The predicted molar refractivity (Wildman–Crippen MR) is 75.0 cm³/mol. The van der Waals surface area contributed by atoms with Crippen molar-refractivity contribution in [1.82, 2.24) is 0 Å². The summed E-state index contributed by atoms with van der Waals surface area (Å²) >= 11 is 3.39. The molecule has 0 heterocycles. The van der Waals surface area contributed by atoms with E-state index < -0.39 is 6.09 Å². The van der Waals surface area contributed by atoms with E-state index in [4.69, 9.17) is 4.74 Å². The van der Waals surface area contributed by atoms with E-state index in [2.05, 4.69) is 21.2 Å². The van der Waals surface area contributed by atoms with Crippen molar-refractivity contribution in [3.05, 3.63) is 58.6 Å². The average Bonchev–Trinajstić information content (AvgIpc) is 2.34. The van der Waals surface area contributed by atoms with Crippen LogP contribution in [0.2, 0.25) is 0 Å². The van der Waals surface area contributed by atoms with Gasteiger partial charge in [-0.2, -0.15) is 0 Å². The smallest absolute Gasteiger partial charge is 0.410 e. The first-order valence-corrected chi connectivity index (χ1v) is 6.24. The van der Waals surface area contributed by atoms with Crippen molar-refractivity contribution in [2.24, 2.45) is 0 Å². The minimum absolute atomic E-state index is 0.509. The summed E-state index contributed by atoms with van der Waals surface area (Å²) in [5, 5.41) is 2.68. The zero-order valence-electron chi connectivity index (χ0n) is 9.81. The molecule has 0 saturated carbocycles. The van der Waals surface area contributed by atoms with Crippen molar-refractivity contribution in [2.75, 3.05) is 5.32 Å². The van der Waals surface area contributed by atoms with Gasteiger partial charge in [-0.25, -0.2) is 4.79 Å². The van der Waals surface area contributed by atoms with Gasteiger partial charge in [0.05, 0.1) is 5.69 Å². The summed E-state index contributed by atoms with van der Waals surface area (Å²) in [5.74, 6) is 0.512. The molecule has 0 unspecified atom stereocenters. The molecule has 0 aliphatic rings. The van der Waals surface area contributed by atoms with Gasteiger partial charge in [0.25, 0.3) is 0 Å². The zero-order valence-corrected chi connectivity index (χ0v) is 11.4. The van der Waals surface area contributed by atoms with Gasteiger partial charge in [-0.15, -0.1) is 0 Å². The molecule has 4 heteroatoms. The van der Waals surface area contributed by atoms with Crippen LogP contribution < -0.4 is 10.1 Å². The Balaban J connectivity index is 2.03. The molecule has 0 fully saturated rings. The van der Waals surface area contributed by atoms with Gasteiger partial charge in [-0.1, -0.05) is 24.3 Å². The molecule has 92 valence electrons. The Morgan fingerprint density at radius 1 is 1.17 bits per heavy atom. The summed E-state index contributed by atoms with van der Waals surface area (Å²) in [6.45, 7) is 1.98. The predicted octanol–water partition coefficient (Wildman–Crippen LogP) is 4.37. The van der Waals surface area contributed by atoms with Crippen molar-refractivity contribution >= 4 is 27.7 Å². The molecule has 0 aromatic heterocycles. The zero-order chi connectivity index (χ0) is 13.0. The van der Waals surface area contributed by atoms with Gasteiger partial charge in [0.15, 0.2) is 0 Å². The maximum Gasteiger partial charge on any atom is 0.417 e. The number of carbonyl (C=O) groups excluding carboxylic acids is 1. The van der Waals surface area contributed by atoms with Crippen LogP contribution in [0.1, 0.15) is 5.56 Å². The minimum Gasteiger partial charge on any atom is -0.410 e. The Morgan fingerprint density at radius 3 is 2.56 bits per heavy atom. The second-order valence-corrected chi connectivity index (χ2v) is 4.67. The van der Waals surface area contributed by atoms with Crippen LogP contribution in [-0.4, -0.2) is 6.09 Å². The Hall–Kier alpha value is -1.81. The number of amides is 1. The lowest BCUT2D eigenvalue weighted by Crippen LogP contribution is -2.16. The third-order valence-electron chi connectivity index (χ3n) is 2.32. The van der Waals surface area contributed by atoms with E-state index in [9.17, 15) is 4.79 Å². The van der Waals surface area contributed by atoms with Gasteiger partial charge in [0.1, 0.15) is 5.75 Å². The molecule has 1 amide bonds. The molecule has 0 aliphatic heterocycles. The number of carbonyl (C=O) groups is 1. The molecule has 0 saturated heterocycles. The number of hydrogen-bond acceptors (Lipinski definition) is 2. The van der Waals surface area contributed by atoms with Crippen LogP contribution in [0.5, 0.6) is 5.75 Å². The summed E-state index contributed by atoms with van der Waals surface area (Å²) < 4.78 is 5.96. The fourth-order valence-electron chi connectivity index (χ4n) is 1.45. The lowest BCUT2D eigenvalue weighted by atomic mass is 10.2. The van der Waals surface area contributed by atoms with Crippen LogP contribution >= 0.6 is 15.9 Å². The molecule has 2 rings (SSSR count). The van der Waals surface area contributed by atoms with Gasteiger partial charge in [-0.3, -0.25) is 5.32 Å². The topological polar surface area (TPSA) is 38.3 Å². The first-order valence-electron chi connectivity index (χ1n) is 5.45. The molecular formula is C14H12BrNO2. The molecule has 3 nitrogen and oxygen atoms in total. The van der Waals surface area contributed by atoms with Crippen LogP contribution in [0.4, 0.5) is 10.5 Å². The summed E-state index contributed by atoms with van der Waals surface area (Å²) in [6, 6.07) is 14.6. The van der Waals surface area contributed by atoms with Crippen LogP contribution in [-0.2, 0) is 0 Å². The van der Waals surface area contributed by atoms with E-state index >= 15 is 0 Å². The lowest BCUT2D eigenvalue weighted by Gasteiger charge is -2.08. The Bertz CT molecular complexity index is 555. The van der Waals surface area contributed by atoms with Crippen molar-refractivity contribution in [3.8, 4) is 5.75 Å². The largest absolute Gasteiger partial charge is 0.417 e. The van der Waals surface area contributed by atoms with Crippen LogP contribution in [0.15, 0.2) is 53.0 Å². The van der Waals surface area contributed by atoms with E-state index in [1.165, 1.54) is 0 Å². The molecule has 2 aromatic carbocycles. The Morgan fingerprint density at radius 2 is 1.89 bits per heavy atom. The summed E-state index contributed by atoms with van der Waals surface area (Å²) in [6.07, 6.45) is -0.509. The van der Waals surface area contributed by atoms with Gasteiger partial charge in [0.2, 0.25) is 0 Å². The maximum absolute atomic E-state index is 11.7. The highest BCUT2D eigenvalue weighted by molar-refractivity contribution is 9.10. The maximum atomic E-state index is 11.7. The Kier molecular flexibility index (Phi) is 3.99. The lowest BCUT2D eigenvalue weighted by molar-refractivity contribution is 0.215. The quantitative estimate of drug-likeness (QED) is 0.895. The highest BCUT2D eigenvalue weighted by Crippen LogP contribution is 2.23. The number of aryl methyl sites for hydroxylation is 1. The van der Waals surface area contributed by atoms with E-state index in [0.29, 0.717) is 11.4 Å². The summed E-state index contributed by atoms with van der Waals surface area (Å²) in [4.78, 5) is 11.7. The van der Waals surface area contributed by atoms with Gasteiger partial charge >= 0.3 is 6.09 Å². The third kappa shape index (κ3) is 3.34. The fraction of sp³-hybridized carbons (Fsp3) is 0.0714. The molecule has 0 bridgehead atoms. The van der Waals surface area contributed by atoms with Crippen LogP contribution in [0.25, 0.3) is 0 Å². The Labute approximate surface area is 114 Å². The minimum atomic E-state index is -0.509. The number of anilines is 1. The normalized spacial score (nSPS) is 9.89. The fourth-order valence-corrected chi connectivity index (χ4v) is 2.04. The van der Waals surface area contributed by atoms with E-state index in [1.54, 1.807) is 12.1 Å². The van der Waals surface area contributed by atoms with E-state index in [1.807, 2.05) is 43.3 Å². The summed E-state index contributed by atoms with van der Waals surface area (Å²) in [5.41, 5.74) is 1.80. The second-order valence-electron chi connectivity index (χ2n) is 3.81. The first kappa shape index (κ1) is 12.6. The number of nitrogens with one attached hydrogen (secondary N) is 1. The van der Waals surface area contributed by atoms with Crippen molar-refractivity contribution < 1.29 is 9.53 Å². The molecule has 1 N–H and O–H groups in total. The standard InChI is InChI=1S/C14H12BrNO2/c1-10-7-8-13(12(15)9-10)16-14(17)18-11-5-3-2-4-6-11/h2-9H,1H3,(H,16,17). The number of benzene rings is 2. The van der Waals surface area contributed by atoms with Crippen molar-refractivity contribution in [2.45, 2.75) is 6.92 Å². The molecule has 0 aliphatic carbocycles. The number of para-hydroxylation sites is 1. The molecule has 0 spiro atoms. The SMILES string of the molecule is Cc1ccc(NC(=O)Oc2ccccc2)c(Br)c1. The second kappa shape index (κ2) is 5.69. The number of ether oxygens (including phenoxy) is 1. The monoisotopic (exact) mass is 305 g/mol. The molecule has 18 heavy (non-hydrogen) atoms. The highest BCUT2D eigenvalue weighted by atomic mass is 79.9. The van der Waals surface area contributed by atoms with E-state index in [-0.39, 0.29) is 0 Å². The van der Waals surface area contributed by atoms with Crippen LogP contribution in [0.3, 0.4) is 0 Å². The van der Waals surface area contributed by atoms with Gasteiger partial charge < -0.3 is 4.74 Å². The first-order chi connectivity index (χ1) is 8.65. The number of hydrogen-bond donors (Lipinski definition) is 1. The number of halogens is 1. The highest BCUT2D eigenvalue weighted by Gasteiger charge is 2.07. The van der Waals surface area contributed by atoms with Crippen LogP contribution in [0, 0.1) is 6.92 Å². The molecular weight excluding hydrogens is 294 g/mol. The molecule has 0 atom stereocenters. The average molecular weight is 306 g/mol. The van der Waals surface area contributed by atoms with Gasteiger partial charge in [-0.05, 0) is 52.7 Å². The molecule has 2 aromatic rings. The molecule has 0 radical (unpaired) electrons. The van der Waals surface area contributed by atoms with E-state index in [0.717, 1.165) is 10.0 Å². The number of rotatable bonds is 2. The van der Waals surface area contributed by atoms with Crippen molar-refractivity contribution in [1.29, 1.82) is 0 Å². The summed E-state index contributed by atoms with van der Waals surface area (Å²) in [7, 11) is 0. The van der Waals surface area contributed by atoms with Gasteiger partial charge in [0, 0.05) is 4.47 Å².